The lowest BCUT2D eigenvalue weighted by Crippen LogP contribution is -2.38. The molecular formula is C24H26O6. The molecule has 1 aromatic heterocycles. The third-order valence-electron chi connectivity index (χ3n) is 5.50. The van der Waals surface area contributed by atoms with Crippen LogP contribution >= 0.6 is 0 Å². The minimum Gasteiger partial charge on any atom is -0.507 e. The van der Waals surface area contributed by atoms with Crippen molar-refractivity contribution in [1.82, 2.24) is 0 Å². The second-order valence-corrected chi connectivity index (χ2v) is 7.71. The van der Waals surface area contributed by atoms with Gasteiger partial charge in [-0.05, 0) is 55.2 Å². The zero-order valence-electron chi connectivity index (χ0n) is 16.9. The van der Waals surface area contributed by atoms with E-state index in [1.165, 1.54) is 6.07 Å². The Morgan fingerprint density at radius 3 is 2.90 bits per heavy atom. The van der Waals surface area contributed by atoms with E-state index in [2.05, 4.69) is 0 Å². The van der Waals surface area contributed by atoms with Crippen LogP contribution in [0.5, 0.6) is 11.5 Å². The zero-order valence-corrected chi connectivity index (χ0v) is 16.9. The van der Waals surface area contributed by atoms with Gasteiger partial charge in [0.25, 0.3) is 0 Å². The molecule has 2 aromatic carbocycles. The second kappa shape index (κ2) is 8.90. The van der Waals surface area contributed by atoms with Gasteiger partial charge in [-0.3, -0.25) is 4.79 Å². The summed E-state index contributed by atoms with van der Waals surface area (Å²) in [6.07, 6.45) is 2.80. The molecular weight excluding hydrogens is 384 g/mol. The molecule has 6 heteroatoms. The summed E-state index contributed by atoms with van der Waals surface area (Å²) >= 11 is 0. The van der Waals surface area contributed by atoms with Crippen molar-refractivity contribution in [2.75, 3.05) is 0 Å². The maximum Gasteiger partial charge on any atom is 0.202 e. The van der Waals surface area contributed by atoms with Crippen LogP contribution in [0.3, 0.4) is 0 Å². The Morgan fingerprint density at radius 2 is 2.07 bits per heavy atom. The van der Waals surface area contributed by atoms with Crippen molar-refractivity contribution >= 4 is 16.8 Å². The molecule has 1 aliphatic heterocycles. The number of aliphatic hydroxyl groups is 1. The van der Waals surface area contributed by atoms with Gasteiger partial charge in [-0.1, -0.05) is 19.1 Å². The fraction of sp³-hybridized carbons (Fsp3) is 0.375. The number of furan rings is 1. The second-order valence-electron chi connectivity index (χ2n) is 7.71. The molecule has 3 unspecified atom stereocenters. The number of phenols is 1. The van der Waals surface area contributed by atoms with Gasteiger partial charge in [-0.2, -0.15) is 0 Å². The quantitative estimate of drug-likeness (QED) is 0.553. The Labute approximate surface area is 175 Å². The summed E-state index contributed by atoms with van der Waals surface area (Å²) in [4.78, 5) is 13.0. The average molecular weight is 410 g/mol. The minimum absolute atomic E-state index is 0.0898. The number of carbonyl (C=O) groups is 1. The first-order valence-corrected chi connectivity index (χ1v) is 10.3. The SMILES string of the molecule is CCC1CC(O)CC(Oc2cccc(O)c2C(=O)CCc2ccc3occc3c2)O1. The summed E-state index contributed by atoms with van der Waals surface area (Å²) in [7, 11) is 0. The van der Waals surface area contributed by atoms with E-state index in [0.29, 0.717) is 19.3 Å². The number of aromatic hydroxyl groups is 1. The van der Waals surface area contributed by atoms with Crippen LogP contribution in [0.15, 0.2) is 53.1 Å². The van der Waals surface area contributed by atoms with Crippen molar-refractivity contribution in [3.8, 4) is 11.5 Å². The number of hydrogen-bond donors (Lipinski definition) is 2. The van der Waals surface area contributed by atoms with Crippen LogP contribution in [-0.4, -0.2) is 34.5 Å². The van der Waals surface area contributed by atoms with Gasteiger partial charge in [0.2, 0.25) is 6.29 Å². The summed E-state index contributed by atoms with van der Waals surface area (Å²) in [6, 6.07) is 12.5. The number of hydrogen-bond acceptors (Lipinski definition) is 6. The highest BCUT2D eigenvalue weighted by Crippen LogP contribution is 2.32. The van der Waals surface area contributed by atoms with E-state index < -0.39 is 12.4 Å². The fourth-order valence-corrected chi connectivity index (χ4v) is 3.88. The molecule has 0 amide bonds. The van der Waals surface area contributed by atoms with Crippen molar-refractivity contribution in [2.24, 2.45) is 0 Å². The predicted molar refractivity (Wildman–Crippen MR) is 112 cm³/mol. The van der Waals surface area contributed by atoms with Crippen LogP contribution in [0.25, 0.3) is 11.0 Å². The summed E-state index contributed by atoms with van der Waals surface area (Å²) in [5.74, 6) is -0.0517. The molecule has 1 aliphatic rings. The summed E-state index contributed by atoms with van der Waals surface area (Å²) in [6.45, 7) is 1.99. The monoisotopic (exact) mass is 410 g/mol. The number of Topliss-reactive ketones (excluding diaryl/α,β-unsaturated/α-hetero) is 1. The van der Waals surface area contributed by atoms with Gasteiger partial charge in [-0.25, -0.2) is 0 Å². The van der Waals surface area contributed by atoms with Gasteiger partial charge < -0.3 is 24.1 Å². The molecule has 158 valence electrons. The van der Waals surface area contributed by atoms with Crippen LogP contribution in [0, 0.1) is 0 Å². The van der Waals surface area contributed by atoms with E-state index in [1.54, 1.807) is 18.4 Å². The molecule has 1 fully saturated rings. The molecule has 0 aliphatic carbocycles. The predicted octanol–water partition coefficient (Wildman–Crippen LogP) is 4.61. The molecule has 0 spiro atoms. The number of aryl methyl sites for hydroxylation is 1. The zero-order chi connectivity index (χ0) is 21.1. The molecule has 6 nitrogen and oxygen atoms in total. The van der Waals surface area contributed by atoms with E-state index in [1.807, 2.05) is 31.2 Å². The van der Waals surface area contributed by atoms with Crippen LogP contribution in [0.2, 0.25) is 0 Å². The van der Waals surface area contributed by atoms with Crippen LogP contribution < -0.4 is 4.74 Å². The van der Waals surface area contributed by atoms with Gasteiger partial charge >= 0.3 is 0 Å². The smallest absolute Gasteiger partial charge is 0.202 e. The van der Waals surface area contributed by atoms with E-state index in [9.17, 15) is 15.0 Å². The molecule has 0 saturated carbocycles. The number of ketones is 1. The van der Waals surface area contributed by atoms with Crippen LogP contribution in [0.1, 0.15) is 48.5 Å². The van der Waals surface area contributed by atoms with Crippen LogP contribution in [-0.2, 0) is 11.2 Å². The van der Waals surface area contributed by atoms with Gasteiger partial charge in [0.05, 0.1) is 18.5 Å². The number of ether oxygens (including phenoxy) is 2. The maximum atomic E-state index is 13.0. The molecule has 3 aromatic rings. The summed E-state index contributed by atoms with van der Waals surface area (Å²) in [5.41, 5.74) is 1.97. The molecule has 0 bridgehead atoms. The molecule has 2 heterocycles. The topological polar surface area (TPSA) is 89.1 Å². The fourth-order valence-electron chi connectivity index (χ4n) is 3.88. The summed E-state index contributed by atoms with van der Waals surface area (Å²) < 4.78 is 17.1. The van der Waals surface area contributed by atoms with Crippen molar-refractivity contribution < 1.29 is 28.9 Å². The minimum atomic E-state index is -0.657. The average Bonchev–Trinajstić information content (AvgIpc) is 3.19. The molecule has 30 heavy (non-hydrogen) atoms. The third kappa shape index (κ3) is 4.50. The van der Waals surface area contributed by atoms with Crippen LogP contribution in [0.4, 0.5) is 0 Å². The number of fused-ring (bicyclic) bond motifs is 1. The summed E-state index contributed by atoms with van der Waals surface area (Å²) in [5, 5.41) is 21.4. The van der Waals surface area contributed by atoms with E-state index in [0.717, 1.165) is 23.0 Å². The molecule has 3 atom stereocenters. The molecule has 1 saturated heterocycles. The van der Waals surface area contributed by atoms with Gasteiger partial charge in [0.1, 0.15) is 22.6 Å². The highest BCUT2D eigenvalue weighted by molar-refractivity contribution is 6.01. The third-order valence-corrected chi connectivity index (χ3v) is 5.50. The highest BCUT2D eigenvalue weighted by atomic mass is 16.7. The standard InChI is InChI=1S/C24H26O6/c1-2-18-13-17(25)14-23(29-18)30-22-5-3-4-19(26)24(22)20(27)8-6-15-7-9-21-16(12-15)10-11-28-21/h3-5,7,9-12,17-18,23,25-26H,2,6,8,13-14H2,1H3. The van der Waals surface area contributed by atoms with E-state index in [-0.39, 0.29) is 35.4 Å². The first-order chi connectivity index (χ1) is 14.5. The maximum absolute atomic E-state index is 13.0. The number of rotatable bonds is 7. The lowest BCUT2D eigenvalue weighted by Gasteiger charge is -2.33. The Hall–Kier alpha value is -2.83. The Kier molecular flexibility index (Phi) is 6.06. The molecule has 0 radical (unpaired) electrons. The number of aliphatic hydroxyl groups excluding tert-OH is 1. The Bertz CT molecular complexity index is 1020. The van der Waals surface area contributed by atoms with Gasteiger partial charge in [0.15, 0.2) is 5.78 Å². The lowest BCUT2D eigenvalue weighted by atomic mass is 10.0. The number of carbonyl (C=O) groups excluding carboxylic acids is 1. The van der Waals surface area contributed by atoms with Crippen molar-refractivity contribution in [3.05, 3.63) is 59.9 Å². The van der Waals surface area contributed by atoms with E-state index in [4.69, 9.17) is 13.9 Å². The highest BCUT2D eigenvalue weighted by Gasteiger charge is 2.30. The first-order valence-electron chi connectivity index (χ1n) is 10.3. The number of benzene rings is 2. The number of phenolic OH excluding ortho intramolecular Hbond substituents is 1. The Balaban J connectivity index is 1.48. The van der Waals surface area contributed by atoms with Gasteiger partial charge in [0, 0.05) is 18.2 Å². The Morgan fingerprint density at radius 1 is 1.20 bits per heavy atom. The van der Waals surface area contributed by atoms with Crippen molar-refractivity contribution in [3.63, 3.8) is 0 Å². The molecule has 4 rings (SSSR count). The normalized spacial score (nSPS) is 21.6. The largest absolute Gasteiger partial charge is 0.507 e. The lowest BCUT2D eigenvalue weighted by molar-refractivity contribution is -0.176. The van der Waals surface area contributed by atoms with Crippen molar-refractivity contribution in [2.45, 2.75) is 57.5 Å². The van der Waals surface area contributed by atoms with Crippen molar-refractivity contribution in [1.29, 1.82) is 0 Å². The molecule has 2 N–H and O–H groups in total. The van der Waals surface area contributed by atoms with Gasteiger partial charge in [-0.15, -0.1) is 0 Å². The van der Waals surface area contributed by atoms with E-state index >= 15 is 0 Å². The first kappa shape index (κ1) is 20.4.